The summed E-state index contributed by atoms with van der Waals surface area (Å²) in [7, 11) is -2.46. The van der Waals surface area contributed by atoms with Crippen molar-refractivity contribution in [3.8, 4) is 0 Å². The molecule has 2 amide bonds. The molecule has 2 aromatic rings. The molecule has 1 unspecified atom stereocenters. The van der Waals surface area contributed by atoms with Crippen molar-refractivity contribution < 1.29 is 22.4 Å². The normalized spacial score (nSPS) is 12.2. The Morgan fingerprint density at radius 1 is 1.17 bits per heavy atom. The van der Waals surface area contributed by atoms with Gasteiger partial charge >= 0.3 is 0 Å². The summed E-state index contributed by atoms with van der Waals surface area (Å²) in [5, 5.41) is 2.94. The smallest absolute Gasteiger partial charge is 0.244 e. The van der Waals surface area contributed by atoms with E-state index in [4.69, 9.17) is 11.6 Å². The van der Waals surface area contributed by atoms with E-state index < -0.39 is 40.2 Å². The Morgan fingerprint density at radius 2 is 1.83 bits per heavy atom. The highest BCUT2D eigenvalue weighted by molar-refractivity contribution is 7.92. The van der Waals surface area contributed by atoms with E-state index in [0.29, 0.717) is 10.6 Å². The van der Waals surface area contributed by atoms with Gasteiger partial charge in [-0.15, -0.1) is 0 Å². The number of carbonyl (C=O) groups excluding carboxylic acids is 2. The van der Waals surface area contributed by atoms with Crippen LogP contribution in [0.1, 0.15) is 12.5 Å². The highest BCUT2D eigenvalue weighted by Gasteiger charge is 2.29. The average molecular weight is 456 g/mol. The first-order chi connectivity index (χ1) is 14.0. The lowest BCUT2D eigenvalue weighted by Crippen LogP contribution is -2.50. The number of rotatable bonds is 8. The van der Waals surface area contributed by atoms with Gasteiger partial charge in [-0.1, -0.05) is 29.8 Å². The van der Waals surface area contributed by atoms with Gasteiger partial charge in [0, 0.05) is 18.6 Å². The molecular weight excluding hydrogens is 433 g/mol. The van der Waals surface area contributed by atoms with Crippen LogP contribution in [0.25, 0.3) is 0 Å². The summed E-state index contributed by atoms with van der Waals surface area (Å²) in [5.41, 5.74) is 0.685. The molecule has 0 bridgehead atoms. The van der Waals surface area contributed by atoms with Crippen LogP contribution in [0.2, 0.25) is 5.02 Å². The largest absolute Gasteiger partial charge is 0.357 e. The number of amides is 2. The van der Waals surface area contributed by atoms with Crippen molar-refractivity contribution in [1.29, 1.82) is 0 Å². The lowest BCUT2D eigenvalue weighted by Gasteiger charge is -2.31. The van der Waals surface area contributed by atoms with Crippen molar-refractivity contribution in [2.75, 3.05) is 24.2 Å². The number of hydrogen-bond donors (Lipinski definition) is 1. The number of nitrogens with zero attached hydrogens (tertiary/aromatic N) is 2. The molecule has 0 saturated carbocycles. The molecule has 2 aromatic carbocycles. The van der Waals surface area contributed by atoms with E-state index in [1.54, 1.807) is 24.3 Å². The fraction of sp³-hybridized carbons (Fsp3) is 0.300. The van der Waals surface area contributed by atoms with Crippen LogP contribution in [-0.4, -0.2) is 51.0 Å². The lowest BCUT2D eigenvalue weighted by atomic mass is 10.1. The molecule has 1 N–H and O–H groups in total. The van der Waals surface area contributed by atoms with Crippen LogP contribution in [0.15, 0.2) is 48.5 Å². The number of likely N-dealkylation sites (N-methyl/N-ethyl adjacent to an activating group) is 1. The Balaban J connectivity index is 2.38. The van der Waals surface area contributed by atoms with Gasteiger partial charge in [-0.2, -0.15) is 0 Å². The number of sulfonamides is 1. The maximum Gasteiger partial charge on any atom is 0.244 e. The highest BCUT2D eigenvalue weighted by atomic mass is 35.5. The second kappa shape index (κ2) is 9.90. The summed E-state index contributed by atoms with van der Waals surface area (Å²) < 4.78 is 39.0. The first-order valence-electron chi connectivity index (χ1n) is 9.01. The van der Waals surface area contributed by atoms with Gasteiger partial charge in [0.1, 0.15) is 18.4 Å². The van der Waals surface area contributed by atoms with Crippen LogP contribution in [0.4, 0.5) is 10.1 Å². The maximum atomic E-state index is 13.6. The van der Waals surface area contributed by atoms with Crippen molar-refractivity contribution >= 4 is 39.1 Å². The van der Waals surface area contributed by atoms with Gasteiger partial charge in [0.25, 0.3) is 0 Å². The van der Waals surface area contributed by atoms with Crippen LogP contribution in [-0.2, 0) is 26.2 Å². The third kappa shape index (κ3) is 6.17. The molecule has 0 heterocycles. The van der Waals surface area contributed by atoms with E-state index in [9.17, 15) is 22.4 Å². The van der Waals surface area contributed by atoms with Gasteiger partial charge < -0.3 is 10.2 Å². The highest BCUT2D eigenvalue weighted by Crippen LogP contribution is 2.20. The fourth-order valence-corrected chi connectivity index (χ4v) is 3.92. The molecule has 0 saturated heterocycles. The lowest BCUT2D eigenvalue weighted by molar-refractivity contribution is -0.139. The van der Waals surface area contributed by atoms with Crippen molar-refractivity contribution in [1.82, 2.24) is 10.2 Å². The molecular formula is C20H23ClFN3O4S. The van der Waals surface area contributed by atoms with Crippen molar-refractivity contribution in [2.24, 2.45) is 0 Å². The van der Waals surface area contributed by atoms with E-state index in [-0.39, 0.29) is 12.2 Å². The first-order valence-corrected chi connectivity index (χ1v) is 11.2. The maximum absolute atomic E-state index is 13.6. The zero-order valence-corrected chi connectivity index (χ0v) is 18.4. The molecule has 30 heavy (non-hydrogen) atoms. The molecule has 0 fully saturated rings. The third-order valence-electron chi connectivity index (χ3n) is 4.43. The van der Waals surface area contributed by atoms with E-state index in [1.165, 1.54) is 37.1 Å². The van der Waals surface area contributed by atoms with Gasteiger partial charge in [0.2, 0.25) is 21.8 Å². The quantitative estimate of drug-likeness (QED) is 0.662. The zero-order chi connectivity index (χ0) is 22.5. The van der Waals surface area contributed by atoms with Crippen LogP contribution in [0.3, 0.4) is 0 Å². The Bertz CT molecular complexity index is 1030. The van der Waals surface area contributed by atoms with E-state index in [0.717, 1.165) is 16.6 Å². The molecule has 1 atom stereocenters. The minimum Gasteiger partial charge on any atom is -0.357 e. The minimum atomic E-state index is -3.90. The molecule has 2 rings (SSSR count). The van der Waals surface area contributed by atoms with Crippen molar-refractivity contribution in [2.45, 2.75) is 19.5 Å². The van der Waals surface area contributed by atoms with Gasteiger partial charge in [0.15, 0.2) is 0 Å². The number of anilines is 1. The molecule has 0 aliphatic carbocycles. The van der Waals surface area contributed by atoms with Crippen LogP contribution in [0, 0.1) is 5.82 Å². The molecule has 10 heteroatoms. The van der Waals surface area contributed by atoms with Crippen LogP contribution < -0.4 is 9.62 Å². The number of benzene rings is 2. The van der Waals surface area contributed by atoms with Crippen LogP contribution in [0.5, 0.6) is 0 Å². The molecule has 0 aliphatic rings. The molecule has 0 aromatic heterocycles. The summed E-state index contributed by atoms with van der Waals surface area (Å²) in [6.45, 7) is 0.979. The summed E-state index contributed by atoms with van der Waals surface area (Å²) in [6, 6.07) is 10.8. The molecule has 0 aliphatic heterocycles. The summed E-state index contributed by atoms with van der Waals surface area (Å²) >= 11 is 6.01. The summed E-state index contributed by atoms with van der Waals surface area (Å²) in [6.07, 6.45) is 0.925. The monoisotopic (exact) mass is 455 g/mol. The van der Waals surface area contributed by atoms with Gasteiger partial charge in [-0.25, -0.2) is 12.8 Å². The standard InChI is InChI=1S/C20H23ClFN3O4S/c1-14(20(27)23-2)24(12-15-6-4-7-16(21)10-15)19(26)13-25(30(3,28)29)18-9-5-8-17(22)11-18/h4-11,14H,12-13H2,1-3H3,(H,23,27). The fourth-order valence-electron chi connectivity index (χ4n) is 2.87. The Hall–Kier alpha value is -2.65. The predicted molar refractivity (Wildman–Crippen MR) is 114 cm³/mol. The number of carbonyl (C=O) groups is 2. The van der Waals surface area contributed by atoms with E-state index >= 15 is 0 Å². The average Bonchev–Trinajstić information content (AvgIpc) is 2.68. The van der Waals surface area contributed by atoms with Crippen LogP contribution >= 0.6 is 11.6 Å². The first kappa shape index (κ1) is 23.6. The van der Waals surface area contributed by atoms with Gasteiger partial charge in [0.05, 0.1) is 11.9 Å². The number of hydrogen-bond acceptors (Lipinski definition) is 4. The summed E-state index contributed by atoms with van der Waals surface area (Å²) in [5.74, 6) is -1.68. The Kier molecular flexibility index (Phi) is 7.80. The second-order valence-electron chi connectivity index (χ2n) is 6.69. The van der Waals surface area contributed by atoms with Gasteiger partial charge in [-0.05, 0) is 42.8 Å². The Labute approximate surface area is 180 Å². The summed E-state index contributed by atoms with van der Waals surface area (Å²) in [4.78, 5) is 26.6. The molecule has 0 spiro atoms. The third-order valence-corrected chi connectivity index (χ3v) is 5.81. The molecule has 162 valence electrons. The topological polar surface area (TPSA) is 86.8 Å². The molecule has 7 nitrogen and oxygen atoms in total. The van der Waals surface area contributed by atoms with Gasteiger partial charge in [-0.3, -0.25) is 13.9 Å². The van der Waals surface area contributed by atoms with Crippen molar-refractivity contribution in [3.63, 3.8) is 0 Å². The molecule has 0 radical (unpaired) electrons. The Morgan fingerprint density at radius 3 is 2.40 bits per heavy atom. The van der Waals surface area contributed by atoms with E-state index in [1.807, 2.05) is 0 Å². The van der Waals surface area contributed by atoms with E-state index in [2.05, 4.69) is 5.32 Å². The predicted octanol–water partition coefficient (Wildman–Crippen LogP) is 2.41. The second-order valence-corrected chi connectivity index (χ2v) is 9.03. The zero-order valence-electron chi connectivity index (χ0n) is 16.8. The number of nitrogens with one attached hydrogen (secondary N) is 1. The van der Waals surface area contributed by atoms with Crippen molar-refractivity contribution in [3.05, 3.63) is 64.9 Å². The minimum absolute atomic E-state index is 0.0150. The SMILES string of the molecule is CNC(=O)C(C)N(Cc1cccc(Cl)c1)C(=O)CN(c1cccc(F)c1)S(C)(=O)=O. The number of halogens is 2.